The molecule has 0 aromatic heterocycles. The lowest BCUT2D eigenvalue weighted by molar-refractivity contribution is -0.154. The van der Waals surface area contributed by atoms with E-state index in [0.717, 1.165) is 5.56 Å². The normalized spacial score (nSPS) is 28.7. The van der Waals surface area contributed by atoms with Crippen LogP contribution in [0.3, 0.4) is 0 Å². The molecular weight excluding hydrogens is 278 g/mol. The van der Waals surface area contributed by atoms with E-state index in [1.54, 1.807) is 0 Å². The lowest BCUT2D eigenvalue weighted by atomic mass is 10.0. The van der Waals surface area contributed by atoms with Crippen LogP contribution in [0.1, 0.15) is 38.4 Å². The predicted molar refractivity (Wildman–Crippen MR) is 85.0 cm³/mol. The third kappa shape index (κ3) is 4.45. The molecule has 4 heteroatoms. The molecule has 22 heavy (non-hydrogen) atoms. The molecule has 1 aromatic rings. The van der Waals surface area contributed by atoms with Crippen LogP contribution < -0.4 is 5.32 Å². The van der Waals surface area contributed by atoms with Gasteiger partial charge in [0.15, 0.2) is 0 Å². The van der Waals surface area contributed by atoms with Gasteiger partial charge in [-0.2, -0.15) is 0 Å². The van der Waals surface area contributed by atoms with E-state index in [2.05, 4.69) is 5.32 Å². The number of amides is 1. The molecule has 1 aliphatic rings. The minimum absolute atomic E-state index is 0.0183. The molecule has 4 nitrogen and oxygen atoms in total. The quantitative estimate of drug-likeness (QED) is 0.641. The second-order valence-electron chi connectivity index (χ2n) is 5.83. The molecule has 0 radical (unpaired) electrons. The monoisotopic (exact) mass is 301 g/mol. The Morgan fingerprint density at radius 2 is 1.64 bits per heavy atom. The summed E-state index contributed by atoms with van der Waals surface area (Å²) in [4.78, 5) is 24.3. The van der Waals surface area contributed by atoms with Crippen LogP contribution in [-0.4, -0.2) is 18.4 Å². The molecule has 3 atom stereocenters. The molecular formula is C18H23NO3. The summed E-state index contributed by atoms with van der Waals surface area (Å²) in [6.45, 7) is 4.07. The van der Waals surface area contributed by atoms with Gasteiger partial charge < -0.3 is 10.1 Å². The van der Waals surface area contributed by atoms with Crippen molar-refractivity contribution in [3.8, 4) is 0 Å². The third-order valence-electron chi connectivity index (χ3n) is 3.89. The average molecular weight is 301 g/mol. The first kappa shape index (κ1) is 16.3. The fourth-order valence-corrected chi connectivity index (χ4v) is 2.32. The Morgan fingerprint density at radius 3 is 2.32 bits per heavy atom. The summed E-state index contributed by atoms with van der Waals surface area (Å²) in [6.07, 6.45) is 4.79. The number of benzene rings is 1. The molecule has 1 N–H and O–H groups in total. The fourth-order valence-electron chi connectivity index (χ4n) is 2.32. The number of carbonyl (C=O) groups excluding carboxylic acids is 2. The number of esters is 1. The smallest absolute Gasteiger partial charge is 0.309 e. The molecule has 1 aromatic carbocycles. The summed E-state index contributed by atoms with van der Waals surface area (Å²) >= 11 is 0. The first-order chi connectivity index (χ1) is 10.6. The molecule has 118 valence electrons. The van der Waals surface area contributed by atoms with Gasteiger partial charge in [-0.15, -0.1) is 0 Å². The van der Waals surface area contributed by atoms with Crippen molar-refractivity contribution in [3.05, 3.63) is 48.0 Å². The Balaban J connectivity index is 2.19. The highest BCUT2D eigenvalue weighted by Crippen LogP contribution is 2.20. The molecule has 0 aliphatic carbocycles. The van der Waals surface area contributed by atoms with Gasteiger partial charge in [0.2, 0.25) is 5.91 Å². The van der Waals surface area contributed by atoms with Crippen LogP contribution in [0.4, 0.5) is 0 Å². The second kappa shape index (κ2) is 7.78. The summed E-state index contributed by atoms with van der Waals surface area (Å²) in [5, 5.41) is 2.88. The van der Waals surface area contributed by atoms with E-state index in [9.17, 15) is 9.59 Å². The summed E-state index contributed by atoms with van der Waals surface area (Å²) < 4.78 is 5.62. The van der Waals surface area contributed by atoms with Crippen LogP contribution in [0.25, 0.3) is 0 Å². The van der Waals surface area contributed by atoms with E-state index in [1.807, 2.05) is 56.3 Å². The van der Waals surface area contributed by atoms with Crippen molar-refractivity contribution in [2.45, 2.75) is 32.8 Å². The van der Waals surface area contributed by atoms with Crippen LogP contribution in [0.2, 0.25) is 0 Å². The Morgan fingerprint density at radius 1 is 1.00 bits per heavy atom. The SMILES string of the molecule is C[C@@H]1C/C=C/C[C@H](C)C(=O)O[C@H](c2ccccc2)CNC1=O. The Hall–Kier alpha value is -2.10. The number of rotatable bonds is 1. The van der Waals surface area contributed by atoms with E-state index >= 15 is 0 Å². The van der Waals surface area contributed by atoms with Crippen LogP contribution in [-0.2, 0) is 14.3 Å². The highest BCUT2D eigenvalue weighted by atomic mass is 16.5. The molecule has 0 saturated carbocycles. The topological polar surface area (TPSA) is 55.4 Å². The van der Waals surface area contributed by atoms with Gasteiger partial charge >= 0.3 is 5.97 Å². The van der Waals surface area contributed by atoms with Gasteiger partial charge in [-0.3, -0.25) is 9.59 Å². The van der Waals surface area contributed by atoms with Crippen molar-refractivity contribution in [1.82, 2.24) is 5.32 Å². The molecule has 0 saturated heterocycles. The van der Waals surface area contributed by atoms with Gasteiger partial charge in [-0.25, -0.2) is 0 Å². The largest absolute Gasteiger partial charge is 0.455 e. The van der Waals surface area contributed by atoms with Gasteiger partial charge in [-0.05, 0) is 18.4 Å². The Kier molecular flexibility index (Phi) is 5.75. The predicted octanol–water partition coefficient (Wildman–Crippen LogP) is 3.01. The summed E-state index contributed by atoms with van der Waals surface area (Å²) in [5.74, 6) is -0.525. The standard InChI is InChI=1S/C18H23NO3/c1-13-8-6-7-9-14(2)18(21)22-16(12-19-17(13)20)15-10-4-3-5-11-15/h3-7,10-11,13-14,16H,8-9,12H2,1-2H3,(H,19,20)/b7-6+/t13-,14+,16+/m1/s1. The average Bonchev–Trinajstić information content (AvgIpc) is 2.54. The van der Waals surface area contributed by atoms with Crippen molar-refractivity contribution in [3.63, 3.8) is 0 Å². The molecule has 0 bridgehead atoms. The van der Waals surface area contributed by atoms with E-state index < -0.39 is 6.10 Å². The lowest BCUT2D eigenvalue weighted by Gasteiger charge is -2.22. The highest BCUT2D eigenvalue weighted by Gasteiger charge is 2.22. The zero-order valence-corrected chi connectivity index (χ0v) is 13.1. The zero-order valence-electron chi connectivity index (χ0n) is 13.1. The Bertz CT molecular complexity index is 539. The lowest BCUT2D eigenvalue weighted by Crippen LogP contribution is -2.34. The van der Waals surface area contributed by atoms with Gasteiger partial charge in [-0.1, -0.05) is 56.3 Å². The number of ether oxygens (including phenoxy) is 1. The first-order valence-corrected chi connectivity index (χ1v) is 7.76. The fraction of sp³-hybridized carbons (Fsp3) is 0.444. The Labute approximate surface area is 131 Å². The third-order valence-corrected chi connectivity index (χ3v) is 3.89. The zero-order chi connectivity index (χ0) is 15.9. The maximum Gasteiger partial charge on any atom is 0.309 e. The molecule has 1 amide bonds. The number of hydrogen-bond donors (Lipinski definition) is 1. The van der Waals surface area contributed by atoms with E-state index in [0.29, 0.717) is 19.4 Å². The van der Waals surface area contributed by atoms with Crippen molar-refractivity contribution >= 4 is 11.9 Å². The van der Waals surface area contributed by atoms with Gasteiger partial charge in [0.1, 0.15) is 6.10 Å². The molecule has 0 unspecified atom stereocenters. The molecule has 2 rings (SSSR count). The van der Waals surface area contributed by atoms with Crippen LogP contribution >= 0.6 is 0 Å². The van der Waals surface area contributed by atoms with Crippen molar-refractivity contribution in [2.24, 2.45) is 11.8 Å². The van der Waals surface area contributed by atoms with E-state index in [1.165, 1.54) is 0 Å². The van der Waals surface area contributed by atoms with Gasteiger partial charge in [0.25, 0.3) is 0 Å². The van der Waals surface area contributed by atoms with Crippen molar-refractivity contribution in [1.29, 1.82) is 0 Å². The minimum Gasteiger partial charge on any atom is -0.455 e. The van der Waals surface area contributed by atoms with Gasteiger partial charge in [0.05, 0.1) is 12.5 Å². The van der Waals surface area contributed by atoms with Crippen LogP contribution in [0, 0.1) is 11.8 Å². The number of carbonyl (C=O) groups is 2. The summed E-state index contributed by atoms with van der Waals surface area (Å²) in [6, 6.07) is 9.52. The maximum atomic E-state index is 12.2. The number of nitrogens with one attached hydrogen (secondary N) is 1. The second-order valence-corrected chi connectivity index (χ2v) is 5.83. The van der Waals surface area contributed by atoms with Crippen molar-refractivity contribution < 1.29 is 14.3 Å². The molecule has 1 heterocycles. The number of allylic oxidation sites excluding steroid dienone is 2. The van der Waals surface area contributed by atoms with Crippen LogP contribution in [0.15, 0.2) is 42.5 Å². The molecule has 0 fully saturated rings. The minimum atomic E-state index is -0.448. The number of cyclic esters (lactones) is 1. The highest BCUT2D eigenvalue weighted by molar-refractivity contribution is 5.78. The summed E-state index contributed by atoms with van der Waals surface area (Å²) in [7, 11) is 0. The molecule has 0 spiro atoms. The van der Waals surface area contributed by atoms with Gasteiger partial charge in [0, 0.05) is 5.92 Å². The summed E-state index contributed by atoms with van der Waals surface area (Å²) in [5.41, 5.74) is 0.892. The van der Waals surface area contributed by atoms with E-state index in [4.69, 9.17) is 4.74 Å². The first-order valence-electron chi connectivity index (χ1n) is 7.76. The molecule has 1 aliphatic heterocycles. The maximum absolute atomic E-state index is 12.2. The van der Waals surface area contributed by atoms with Crippen molar-refractivity contribution in [2.75, 3.05) is 6.54 Å². The van der Waals surface area contributed by atoms with E-state index in [-0.39, 0.29) is 23.7 Å². The van der Waals surface area contributed by atoms with Crippen LogP contribution in [0.5, 0.6) is 0 Å². The number of hydrogen-bond acceptors (Lipinski definition) is 3.